The number of hydrogen-bond acceptors (Lipinski definition) is 7. The van der Waals surface area contributed by atoms with Crippen molar-refractivity contribution < 1.29 is 14.9 Å². The third-order valence-electron chi connectivity index (χ3n) is 8.48. The molecule has 0 amide bonds. The second kappa shape index (κ2) is 15.1. The molecule has 4 aromatic carbocycles. The van der Waals surface area contributed by atoms with Crippen LogP contribution in [0.3, 0.4) is 0 Å². The minimum absolute atomic E-state index is 0.0327. The Bertz CT molecular complexity index is 1930. The monoisotopic (exact) mass is 662 g/mol. The first kappa shape index (κ1) is 35.4. The Morgan fingerprint density at radius 2 is 1.10 bits per heavy atom. The largest absolute Gasteiger partial charge is 0.505 e. The maximum absolute atomic E-state index is 10.9. The van der Waals surface area contributed by atoms with Gasteiger partial charge in [-0.3, -0.25) is 0 Å². The smallest absolute Gasteiger partial charge is 0.146 e. The Morgan fingerprint density at radius 1 is 0.592 bits per heavy atom. The van der Waals surface area contributed by atoms with E-state index >= 15 is 0 Å². The number of phenolic OH excluding ortho intramolecular Hbond substituents is 2. The predicted molar refractivity (Wildman–Crippen MR) is 197 cm³/mol. The van der Waals surface area contributed by atoms with Crippen LogP contribution < -0.4 is 4.74 Å². The van der Waals surface area contributed by atoms with Gasteiger partial charge >= 0.3 is 0 Å². The molecule has 2 heterocycles. The van der Waals surface area contributed by atoms with Crippen molar-refractivity contribution in [2.75, 3.05) is 6.61 Å². The van der Waals surface area contributed by atoms with Crippen LogP contribution in [0.5, 0.6) is 17.2 Å². The highest BCUT2D eigenvalue weighted by Gasteiger charge is 2.26. The van der Waals surface area contributed by atoms with Crippen LogP contribution >= 0.6 is 0 Å². The second-order valence-electron chi connectivity index (χ2n) is 14.6. The molecule has 0 fully saturated rings. The van der Waals surface area contributed by atoms with Crippen molar-refractivity contribution in [2.45, 2.75) is 97.8 Å². The summed E-state index contributed by atoms with van der Waals surface area (Å²) in [5.41, 5.74) is 6.25. The van der Waals surface area contributed by atoms with Crippen LogP contribution in [0.1, 0.15) is 98.1 Å². The van der Waals surface area contributed by atoms with Gasteiger partial charge in [-0.25, -0.2) is 0 Å². The van der Waals surface area contributed by atoms with E-state index in [9.17, 15) is 10.2 Å². The Labute approximate surface area is 289 Å². The molecule has 49 heavy (non-hydrogen) atoms. The van der Waals surface area contributed by atoms with Crippen LogP contribution in [0.15, 0.2) is 78.9 Å². The number of unbranched alkanes of at least 4 members (excludes halogenated alkanes) is 5. The van der Waals surface area contributed by atoms with E-state index < -0.39 is 0 Å². The van der Waals surface area contributed by atoms with Gasteiger partial charge in [0.25, 0.3) is 0 Å². The van der Waals surface area contributed by atoms with Crippen molar-refractivity contribution >= 4 is 22.1 Å². The van der Waals surface area contributed by atoms with Gasteiger partial charge in [-0.05, 0) is 65.3 Å². The molecule has 258 valence electrons. The number of benzene rings is 4. The Balaban J connectivity index is 0.000000191. The summed E-state index contributed by atoms with van der Waals surface area (Å²) in [6.07, 6.45) is 7.37. The molecule has 0 aliphatic rings. The summed E-state index contributed by atoms with van der Waals surface area (Å²) in [6, 6.07) is 24.7. The molecule has 2 aromatic heterocycles. The fourth-order valence-electron chi connectivity index (χ4n) is 5.55. The van der Waals surface area contributed by atoms with E-state index in [1.54, 1.807) is 16.9 Å². The molecule has 6 aromatic rings. The highest BCUT2D eigenvalue weighted by molar-refractivity contribution is 5.74. The number of fused-ring (bicyclic) bond motifs is 2. The average Bonchev–Trinajstić information content (AvgIpc) is 3.68. The molecule has 0 spiro atoms. The Morgan fingerprint density at radius 3 is 1.59 bits per heavy atom. The van der Waals surface area contributed by atoms with Crippen LogP contribution in [0.2, 0.25) is 0 Å². The van der Waals surface area contributed by atoms with E-state index in [0.29, 0.717) is 23.7 Å². The first-order valence-electron chi connectivity index (χ1n) is 17.3. The lowest BCUT2D eigenvalue weighted by atomic mass is 9.80. The number of phenols is 2. The van der Waals surface area contributed by atoms with E-state index in [-0.39, 0.29) is 22.3 Å². The molecule has 0 saturated heterocycles. The maximum Gasteiger partial charge on any atom is 0.146 e. The van der Waals surface area contributed by atoms with Gasteiger partial charge in [0, 0.05) is 11.6 Å². The number of nitrogens with zero attached hydrogens (tertiary/aromatic N) is 6. The zero-order valence-electron chi connectivity index (χ0n) is 29.9. The lowest BCUT2D eigenvalue weighted by molar-refractivity contribution is 0.302. The average molecular weight is 663 g/mol. The van der Waals surface area contributed by atoms with Gasteiger partial charge in [0.1, 0.15) is 50.7 Å². The van der Waals surface area contributed by atoms with Gasteiger partial charge in [-0.15, -0.1) is 30.0 Å². The Kier molecular flexibility index (Phi) is 10.9. The lowest BCUT2D eigenvalue weighted by Crippen LogP contribution is -2.18. The molecule has 9 heteroatoms. The molecular weight excluding hydrogens is 612 g/mol. The van der Waals surface area contributed by atoms with Crippen molar-refractivity contribution in [1.29, 1.82) is 0 Å². The van der Waals surface area contributed by atoms with E-state index in [2.05, 4.69) is 74.9 Å². The molecular formula is C40H50N6O3. The maximum atomic E-state index is 10.9. The summed E-state index contributed by atoms with van der Waals surface area (Å²) >= 11 is 0. The van der Waals surface area contributed by atoms with Crippen LogP contribution in [0.4, 0.5) is 0 Å². The van der Waals surface area contributed by atoms with Gasteiger partial charge < -0.3 is 14.9 Å². The molecule has 9 nitrogen and oxygen atoms in total. The fourth-order valence-corrected chi connectivity index (χ4v) is 5.55. The molecule has 0 bridgehead atoms. The first-order chi connectivity index (χ1) is 23.3. The third kappa shape index (κ3) is 8.76. The number of aromatic nitrogens is 6. The van der Waals surface area contributed by atoms with E-state index in [1.165, 1.54) is 36.9 Å². The van der Waals surface area contributed by atoms with Gasteiger partial charge in [0.15, 0.2) is 0 Å². The van der Waals surface area contributed by atoms with Crippen molar-refractivity contribution in [3.63, 3.8) is 0 Å². The van der Waals surface area contributed by atoms with E-state index in [4.69, 9.17) is 4.74 Å². The summed E-state index contributed by atoms with van der Waals surface area (Å²) < 4.78 is 5.73. The Hall–Kier alpha value is -4.92. The molecule has 0 radical (unpaired) electrons. The number of rotatable bonds is 10. The third-order valence-corrected chi connectivity index (χ3v) is 8.48. The van der Waals surface area contributed by atoms with E-state index in [0.717, 1.165) is 39.6 Å². The molecule has 2 N–H and O–H groups in total. The summed E-state index contributed by atoms with van der Waals surface area (Å²) in [6.45, 7) is 15.7. The fraction of sp³-hybridized carbons (Fsp3) is 0.400. The zero-order valence-corrected chi connectivity index (χ0v) is 29.9. The quantitative estimate of drug-likeness (QED) is 0.141. The van der Waals surface area contributed by atoms with Crippen LogP contribution in [0.25, 0.3) is 33.4 Å². The molecule has 6 rings (SSSR count). The summed E-state index contributed by atoms with van der Waals surface area (Å²) in [4.78, 5) is 3.00. The second-order valence-corrected chi connectivity index (χ2v) is 14.6. The summed E-state index contributed by atoms with van der Waals surface area (Å²) in [5.74, 6) is 1.03. The summed E-state index contributed by atoms with van der Waals surface area (Å²) in [7, 11) is 0. The topological polar surface area (TPSA) is 111 Å². The van der Waals surface area contributed by atoms with Crippen LogP contribution in [-0.2, 0) is 10.8 Å². The normalized spacial score (nSPS) is 11.9. The van der Waals surface area contributed by atoms with Gasteiger partial charge in [-0.1, -0.05) is 111 Å². The lowest BCUT2D eigenvalue weighted by Gasteiger charge is -2.27. The van der Waals surface area contributed by atoms with Crippen LogP contribution in [0, 0.1) is 0 Å². The standard InChI is InChI=1S/C20H25N3O2.C20H25N3O/c1-2-3-4-5-6-9-14-25-16-12-13-19(20(24)15-16)23-21-17-10-7-8-11-18(17)22-23;1-19(2,3)13-11-14(20(4,5)6)18(24)17(12-13)23-21-15-9-7-8-10-16(15)22-23/h7-8,10-13,15,24H,2-6,9,14H2,1H3;7-12,24H,1-6H3. The van der Waals surface area contributed by atoms with Crippen molar-refractivity contribution in [2.24, 2.45) is 0 Å². The van der Waals surface area contributed by atoms with Gasteiger partial charge in [0.2, 0.25) is 0 Å². The first-order valence-corrected chi connectivity index (χ1v) is 17.3. The molecule has 0 aliphatic heterocycles. The molecule has 0 aliphatic carbocycles. The SMILES string of the molecule is CC(C)(C)c1cc(-n2nc3ccccc3n2)c(O)c(C(C)(C)C)c1.CCCCCCCCOc1ccc(-n2nc3ccccc3n2)c(O)c1. The van der Waals surface area contributed by atoms with Gasteiger partial charge in [-0.2, -0.15) is 0 Å². The number of aromatic hydroxyl groups is 2. The minimum Gasteiger partial charge on any atom is -0.505 e. The molecule has 0 atom stereocenters. The zero-order chi connectivity index (χ0) is 35.2. The highest BCUT2D eigenvalue weighted by Crippen LogP contribution is 2.39. The van der Waals surface area contributed by atoms with Crippen molar-refractivity contribution in [3.8, 4) is 28.6 Å². The van der Waals surface area contributed by atoms with Gasteiger partial charge in [0.05, 0.1) is 6.61 Å². The minimum atomic E-state index is -0.174. The van der Waals surface area contributed by atoms with Crippen molar-refractivity contribution in [1.82, 2.24) is 30.0 Å². The number of hydrogen-bond donors (Lipinski definition) is 2. The van der Waals surface area contributed by atoms with Crippen LogP contribution in [-0.4, -0.2) is 46.8 Å². The summed E-state index contributed by atoms with van der Waals surface area (Å²) in [5, 5.41) is 39.0. The molecule has 0 saturated carbocycles. The number of ether oxygens (including phenoxy) is 1. The highest BCUT2D eigenvalue weighted by atomic mass is 16.5. The predicted octanol–water partition coefficient (Wildman–Crippen LogP) is 9.59. The molecule has 0 unspecified atom stereocenters. The van der Waals surface area contributed by atoms with E-state index in [1.807, 2.05) is 60.7 Å². The van der Waals surface area contributed by atoms with Crippen molar-refractivity contribution in [3.05, 3.63) is 90.0 Å².